The van der Waals surface area contributed by atoms with Crippen LogP contribution in [-0.2, 0) is 10.2 Å². The first-order chi connectivity index (χ1) is 12.3. The molecule has 1 saturated heterocycles. The normalized spacial score (nSPS) is 16.2. The van der Waals surface area contributed by atoms with Crippen LogP contribution in [0.3, 0.4) is 0 Å². The molecule has 0 bridgehead atoms. The van der Waals surface area contributed by atoms with Gasteiger partial charge in [-0.05, 0) is 17.0 Å². The van der Waals surface area contributed by atoms with Gasteiger partial charge in [-0.25, -0.2) is 0 Å². The zero-order valence-electron chi connectivity index (χ0n) is 15.0. The van der Waals surface area contributed by atoms with E-state index in [1.807, 2.05) is 39.0 Å². The van der Waals surface area contributed by atoms with Crippen LogP contribution in [0.1, 0.15) is 42.3 Å². The van der Waals surface area contributed by atoms with Gasteiger partial charge in [-0.3, -0.25) is 14.9 Å². The van der Waals surface area contributed by atoms with E-state index < -0.39 is 4.92 Å². The SMILES string of the molecule is CC(C)(C)c1ccccc1C(=O)c1ccc([N+](=O)[O-])cc1OCC1CO1. The van der Waals surface area contributed by atoms with Gasteiger partial charge in [0.1, 0.15) is 18.5 Å². The van der Waals surface area contributed by atoms with Gasteiger partial charge in [0, 0.05) is 11.6 Å². The van der Waals surface area contributed by atoms with Gasteiger partial charge >= 0.3 is 0 Å². The molecule has 1 aliphatic rings. The molecule has 1 atom stereocenters. The van der Waals surface area contributed by atoms with Crippen molar-refractivity contribution >= 4 is 11.5 Å². The highest BCUT2D eigenvalue weighted by Crippen LogP contribution is 2.32. The highest BCUT2D eigenvalue weighted by atomic mass is 16.6. The first-order valence-corrected chi connectivity index (χ1v) is 8.44. The zero-order valence-corrected chi connectivity index (χ0v) is 15.0. The Bertz CT molecular complexity index is 850. The van der Waals surface area contributed by atoms with Crippen molar-refractivity contribution in [2.45, 2.75) is 32.3 Å². The number of nitro benzene ring substituents is 1. The lowest BCUT2D eigenvalue weighted by Crippen LogP contribution is -2.18. The molecular formula is C20H21NO5. The molecule has 26 heavy (non-hydrogen) atoms. The van der Waals surface area contributed by atoms with Gasteiger partial charge in [-0.2, -0.15) is 0 Å². The van der Waals surface area contributed by atoms with Gasteiger partial charge in [-0.15, -0.1) is 0 Å². The maximum atomic E-state index is 13.2. The van der Waals surface area contributed by atoms with Crippen LogP contribution in [0, 0.1) is 10.1 Å². The Kier molecular flexibility index (Phi) is 4.78. The molecule has 0 aromatic heterocycles. The number of carbonyl (C=O) groups is 1. The highest BCUT2D eigenvalue weighted by molar-refractivity contribution is 6.12. The zero-order chi connectivity index (χ0) is 18.9. The predicted octanol–water partition coefficient (Wildman–Crippen LogP) is 3.90. The molecule has 0 amide bonds. The molecule has 6 nitrogen and oxygen atoms in total. The van der Waals surface area contributed by atoms with Crippen LogP contribution in [0.25, 0.3) is 0 Å². The molecule has 0 spiro atoms. The van der Waals surface area contributed by atoms with Crippen LogP contribution in [0.5, 0.6) is 5.75 Å². The maximum Gasteiger partial charge on any atom is 0.273 e. The number of nitrogens with zero attached hydrogens (tertiary/aromatic N) is 1. The third kappa shape index (κ3) is 3.91. The third-order valence-corrected chi connectivity index (χ3v) is 4.23. The smallest absolute Gasteiger partial charge is 0.273 e. The summed E-state index contributed by atoms with van der Waals surface area (Å²) in [5.41, 5.74) is 1.47. The quantitative estimate of drug-likeness (QED) is 0.340. The second kappa shape index (κ2) is 6.88. The first-order valence-electron chi connectivity index (χ1n) is 8.44. The Labute approximate surface area is 151 Å². The molecule has 1 unspecified atom stereocenters. The molecule has 0 N–H and O–H groups in total. The van der Waals surface area contributed by atoms with Crippen molar-refractivity contribution in [2.24, 2.45) is 0 Å². The fourth-order valence-electron chi connectivity index (χ4n) is 2.76. The number of benzene rings is 2. The number of ketones is 1. The Morgan fingerprint density at radius 3 is 2.54 bits per heavy atom. The third-order valence-electron chi connectivity index (χ3n) is 4.23. The van der Waals surface area contributed by atoms with Crippen LogP contribution >= 0.6 is 0 Å². The molecule has 0 saturated carbocycles. The summed E-state index contributed by atoms with van der Waals surface area (Å²) in [7, 11) is 0. The molecule has 0 radical (unpaired) electrons. The van der Waals surface area contributed by atoms with Gasteiger partial charge in [0.15, 0.2) is 5.78 Å². The summed E-state index contributed by atoms with van der Waals surface area (Å²) in [5, 5.41) is 11.1. The van der Waals surface area contributed by atoms with E-state index in [2.05, 4.69) is 0 Å². The Morgan fingerprint density at radius 2 is 1.92 bits per heavy atom. The molecule has 1 heterocycles. The number of hydrogen-bond donors (Lipinski definition) is 0. The second-order valence-electron chi connectivity index (χ2n) is 7.33. The summed E-state index contributed by atoms with van der Waals surface area (Å²) in [6.07, 6.45) is -0.0147. The first kappa shape index (κ1) is 18.1. The van der Waals surface area contributed by atoms with E-state index >= 15 is 0 Å². The molecule has 2 aromatic rings. The molecule has 136 valence electrons. The molecule has 0 aliphatic carbocycles. The van der Waals surface area contributed by atoms with Crippen molar-refractivity contribution in [3.05, 3.63) is 69.3 Å². The summed E-state index contributed by atoms with van der Waals surface area (Å²) < 4.78 is 10.8. The Hall–Kier alpha value is -2.73. The lowest BCUT2D eigenvalue weighted by atomic mass is 9.81. The number of nitro groups is 1. The average molecular weight is 355 g/mol. The predicted molar refractivity (Wildman–Crippen MR) is 96.9 cm³/mol. The standard InChI is InChI=1S/C20H21NO5/c1-20(2,3)17-7-5-4-6-15(17)19(22)16-9-8-13(21(23)24)10-18(16)26-12-14-11-25-14/h4-10,14H,11-12H2,1-3H3. The van der Waals surface area contributed by atoms with E-state index in [4.69, 9.17) is 9.47 Å². The maximum absolute atomic E-state index is 13.2. The number of non-ortho nitro benzene ring substituents is 1. The fourth-order valence-corrected chi connectivity index (χ4v) is 2.76. The summed E-state index contributed by atoms with van der Waals surface area (Å²) in [6, 6.07) is 11.5. The van der Waals surface area contributed by atoms with Crippen molar-refractivity contribution in [3.63, 3.8) is 0 Å². The van der Waals surface area contributed by atoms with Crippen molar-refractivity contribution in [1.29, 1.82) is 0 Å². The molecule has 1 fully saturated rings. The van der Waals surface area contributed by atoms with Gasteiger partial charge in [0.25, 0.3) is 5.69 Å². The van der Waals surface area contributed by atoms with E-state index in [0.29, 0.717) is 17.7 Å². The number of rotatable bonds is 6. The number of hydrogen-bond acceptors (Lipinski definition) is 5. The largest absolute Gasteiger partial charge is 0.490 e. The van der Waals surface area contributed by atoms with E-state index in [0.717, 1.165) is 5.56 Å². The highest BCUT2D eigenvalue weighted by Gasteiger charge is 2.27. The van der Waals surface area contributed by atoms with Crippen molar-refractivity contribution in [3.8, 4) is 5.75 Å². The van der Waals surface area contributed by atoms with E-state index in [9.17, 15) is 14.9 Å². The van der Waals surface area contributed by atoms with Crippen LogP contribution in [0.15, 0.2) is 42.5 Å². The number of carbonyl (C=O) groups excluding carboxylic acids is 1. The van der Waals surface area contributed by atoms with Gasteiger partial charge in [-0.1, -0.05) is 45.0 Å². The summed E-state index contributed by atoms with van der Waals surface area (Å²) >= 11 is 0. The summed E-state index contributed by atoms with van der Waals surface area (Å²) in [4.78, 5) is 23.8. The average Bonchev–Trinajstić information content (AvgIpc) is 3.42. The fraction of sp³-hybridized carbons (Fsp3) is 0.350. The van der Waals surface area contributed by atoms with E-state index in [1.165, 1.54) is 18.2 Å². The molecule has 6 heteroatoms. The van der Waals surface area contributed by atoms with Crippen LogP contribution in [0.2, 0.25) is 0 Å². The van der Waals surface area contributed by atoms with Crippen molar-refractivity contribution in [2.75, 3.05) is 13.2 Å². The van der Waals surface area contributed by atoms with Gasteiger partial charge in [0.2, 0.25) is 0 Å². The number of ether oxygens (including phenoxy) is 2. The minimum absolute atomic E-state index is 0.0147. The lowest BCUT2D eigenvalue weighted by molar-refractivity contribution is -0.384. The van der Waals surface area contributed by atoms with E-state index in [1.54, 1.807) is 6.07 Å². The minimum atomic E-state index is -0.502. The second-order valence-corrected chi connectivity index (χ2v) is 7.33. The van der Waals surface area contributed by atoms with Crippen molar-refractivity contribution in [1.82, 2.24) is 0 Å². The lowest BCUT2D eigenvalue weighted by Gasteiger charge is -2.22. The van der Waals surface area contributed by atoms with Crippen LogP contribution in [0.4, 0.5) is 5.69 Å². The molecular weight excluding hydrogens is 334 g/mol. The summed E-state index contributed by atoms with van der Waals surface area (Å²) in [6.45, 7) is 6.98. The van der Waals surface area contributed by atoms with Gasteiger partial charge < -0.3 is 9.47 Å². The topological polar surface area (TPSA) is 82.0 Å². The molecule has 1 aliphatic heterocycles. The molecule has 2 aromatic carbocycles. The van der Waals surface area contributed by atoms with Crippen molar-refractivity contribution < 1.29 is 19.2 Å². The minimum Gasteiger partial charge on any atom is -0.490 e. The van der Waals surface area contributed by atoms with Crippen LogP contribution in [-0.4, -0.2) is 30.0 Å². The Balaban J connectivity index is 2.02. The number of epoxide rings is 1. The molecule has 3 rings (SSSR count). The van der Waals surface area contributed by atoms with Crippen LogP contribution < -0.4 is 4.74 Å². The summed E-state index contributed by atoms with van der Waals surface area (Å²) in [5.74, 6) is 0.000510. The van der Waals surface area contributed by atoms with E-state index in [-0.39, 0.29) is 35.3 Å². The monoisotopic (exact) mass is 355 g/mol. The Morgan fingerprint density at radius 1 is 1.23 bits per heavy atom. The van der Waals surface area contributed by atoms with Gasteiger partial charge in [0.05, 0.1) is 23.2 Å².